The van der Waals surface area contributed by atoms with Crippen molar-refractivity contribution in [1.82, 2.24) is 0 Å². The number of hydrogen-bond donors (Lipinski definition) is 0. The Hall–Kier alpha value is -1.44. The fourth-order valence-corrected chi connectivity index (χ4v) is 3.05. The lowest BCUT2D eigenvalue weighted by Crippen LogP contribution is -2.23. The van der Waals surface area contributed by atoms with Crippen LogP contribution in [-0.2, 0) is 19.4 Å². The van der Waals surface area contributed by atoms with Crippen LogP contribution >= 0.6 is 23.2 Å². The summed E-state index contributed by atoms with van der Waals surface area (Å²) in [5, 5.41) is 0.710. The number of hydrogen-bond acceptors (Lipinski definition) is 1. The SMILES string of the molecule is C=C(CCl)N(Cc1ccc(CC)cc1CC)c1ccccc1Cl. The number of anilines is 1. The van der Waals surface area contributed by atoms with Crippen LogP contribution in [0.5, 0.6) is 0 Å². The monoisotopic (exact) mass is 347 g/mol. The number of benzene rings is 2. The third kappa shape index (κ3) is 4.31. The summed E-state index contributed by atoms with van der Waals surface area (Å²) in [7, 11) is 0. The number of halogens is 2. The van der Waals surface area contributed by atoms with Crippen LogP contribution in [0.1, 0.15) is 30.5 Å². The fourth-order valence-electron chi connectivity index (χ4n) is 2.66. The van der Waals surface area contributed by atoms with E-state index in [2.05, 4.69) is 43.5 Å². The Morgan fingerprint density at radius 3 is 2.39 bits per heavy atom. The molecule has 0 heterocycles. The van der Waals surface area contributed by atoms with Crippen molar-refractivity contribution >= 4 is 28.9 Å². The van der Waals surface area contributed by atoms with Gasteiger partial charge in [0.05, 0.1) is 16.6 Å². The molecule has 0 aromatic heterocycles. The molecule has 1 nitrogen and oxygen atoms in total. The summed E-state index contributed by atoms with van der Waals surface area (Å²) < 4.78 is 0. The molecular formula is C20H23Cl2N. The lowest BCUT2D eigenvalue weighted by Gasteiger charge is -2.28. The Labute approximate surface area is 149 Å². The van der Waals surface area contributed by atoms with E-state index in [0.717, 1.165) is 30.8 Å². The van der Waals surface area contributed by atoms with Crippen LogP contribution in [0.2, 0.25) is 5.02 Å². The van der Waals surface area contributed by atoms with Gasteiger partial charge >= 0.3 is 0 Å². The summed E-state index contributed by atoms with van der Waals surface area (Å²) in [6, 6.07) is 14.5. The molecule has 0 unspecified atom stereocenters. The Kier molecular flexibility index (Phi) is 6.56. The minimum absolute atomic E-state index is 0.375. The van der Waals surface area contributed by atoms with E-state index in [9.17, 15) is 0 Å². The highest BCUT2D eigenvalue weighted by Crippen LogP contribution is 2.30. The van der Waals surface area contributed by atoms with Gasteiger partial charge in [0.2, 0.25) is 0 Å². The smallest absolute Gasteiger partial charge is 0.0643 e. The molecule has 0 amide bonds. The van der Waals surface area contributed by atoms with Crippen molar-refractivity contribution in [3.8, 4) is 0 Å². The summed E-state index contributed by atoms with van der Waals surface area (Å²) in [6.45, 7) is 9.21. The van der Waals surface area contributed by atoms with Crippen molar-refractivity contribution in [3.05, 3.63) is 76.5 Å². The first-order valence-corrected chi connectivity index (χ1v) is 8.88. The number of nitrogens with zero attached hydrogens (tertiary/aromatic N) is 1. The first kappa shape index (κ1) is 17.9. The van der Waals surface area contributed by atoms with E-state index in [1.54, 1.807) is 0 Å². The summed E-state index contributed by atoms with van der Waals surface area (Å²) in [6.07, 6.45) is 2.06. The van der Waals surface area contributed by atoms with E-state index < -0.39 is 0 Å². The molecule has 0 aliphatic heterocycles. The summed E-state index contributed by atoms with van der Waals surface area (Å²) in [5.74, 6) is 0.375. The van der Waals surface area contributed by atoms with Gasteiger partial charge in [-0.25, -0.2) is 0 Å². The van der Waals surface area contributed by atoms with E-state index in [4.69, 9.17) is 23.2 Å². The molecule has 2 aromatic rings. The Morgan fingerprint density at radius 1 is 1.04 bits per heavy atom. The van der Waals surface area contributed by atoms with Crippen molar-refractivity contribution in [3.63, 3.8) is 0 Å². The van der Waals surface area contributed by atoms with Crippen molar-refractivity contribution in [2.24, 2.45) is 0 Å². The molecule has 2 aromatic carbocycles. The van der Waals surface area contributed by atoms with Gasteiger partial charge in [0.25, 0.3) is 0 Å². The van der Waals surface area contributed by atoms with Crippen molar-refractivity contribution in [2.75, 3.05) is 10.8 Å². The lowest BCUT2D eigenvalue weighted by atomic mass is 10.00. The van der Waals surface area contributed by atoms with Gasteiger partial charge in [-0.1, -0.05) is 62.4 Å². The molecule has 0 aliphatic carbocycles. The van der Waals surface area contributed by atoms with Crippen molar-refractivity contribution < 1.29 is 0 Å². The molecule has 0 spiro atoms. The third-order valence-corrected chi connectivity index (χ3v) is 4.70. The molecule has 0 N–H and O–H groups in total. The van der Waals surface area contributed by atoms with Gasteiger partial charge in [0.15, 0.2) is 0 Å². The highest BCUT2D eigenvalue weighted by atomic mass is 35.5. The van der Waals surface area contributed by atoms with Gasteiger partial charge in [-0.15, -0.1) is 11.6 Å². The molecule has 0 saturated heterocycles. The molecule has 0 radical (unpaired) electrons. The van der Waals surface area contributed by atoms with Gasteiger partial charge in [0.1, 0.15) is 0 Å². The first-order valence-electron chi connectivity index (χ1n) is 7.97. The molecule has 0 aliphatic rings. The van der Waals surface area contributed by atoms with Crippen LogP contribution < -0.4 is 4.90 Å². The predicted octanol–water partition coefficient (Wildman–Crippen LogP) is 6.22. The zero-order valence-corrected chi connectivity index (χ0v) is 15.3. The number of alkyl halides is 1. The maximum Gasteiger partial charge on any atom is 0.0643 e. The van der Waals surface area contributed by atoms with Crippen LogP contribution in [0, 0.1) is 0 Å². The Bertz CT molecular complexity index is 679. The van der Waals surface area contributed by atoms with E-state index in [-0.39, 0.29) is 0 Å². The summed E-state index contributed by atoms with van der Waals surface area (Å²) in [4.78, 5) is 2.11. The van der Waals surface area contributed by atoms with Crippen LogP contribution in [0.25, 0.3) is 0 Å². The largest absolute Gasteiger partial charge is 0.339 e. The summed E-state index contributed by atoms with van der Waals surface area (Å²) >= 11 is 12.4. The summed E-state index contributed by atoms with van der Waals surface area (Å²) in [5.41, 5.74) is 5.81. The van der Waals surface area contributed by atoms with Crippen molar-refractivity contribution in [1.29, 1.82) is 0 Å². The molecule has 122 valence electrons. The molecular weight excluding hydrogens is 325 g/mol. The molecule has 3 heteroatoms. The van der Waals surface area contributed by atoms with Crippen LogP contribution in [0.3, 0.4) is 0 Å². The van der Waals surface area contributed by atoms with E-state index in [1.165, 1.54) is 16.7 Å². The second kappa shape index (κ2) is 8.42. The maximum absolute atomic E-state index is 6.38. The zero-order chi connectivity index (χ0) is 16.8. The Balaban J connectivity index is 2.39. The van der Waals surface area contributed by atoms with Crippen LogP contribution in [-0.4, -0.2) is 5.88 Å². The van der Waals surface area contributed by atoms with Crippen LogP contribution in [0.15, 0.2) is 54.7 Å². The second-order valence-electron chi connectivity index (χ2n) is 5.55. The maximum atomic E-state index is 6.38. The van der Waals surface area contributed by atoms with E-state index in [1.807, 2.05) is 24.3 Å². The van der Waals surface area contributed by atoms with E-state index in [0.29, 0.717) is 10.9 Å². The van der Waals surface area contributed by atoms with Gasteiger partial charge in [-0.3, -0.25) is 0 Å². The number of rotatable bonds is 7. The highest BCUT2D eigenvalue weighted by Gasteiger charge is 2.15. The van der Waals surface area contributed by atoms with Gasteiger partial charge in [-0.05, 0) is 41.7 Å². The van der Waals surface area contributed by atoms with Crippen LogP contribution in [0.4, 0.5) is 5.69 Å². The molecule has 0 atom stereocenters. The standard InChI is InChI=1S/C20H23Cl2N/c1-4-16-10-11-18(17(5-2)12-16)14-23(15(3)13-21)20-9-7-6-8-19(20)22/h6-12H,3-5,13-14H2,1-2H3. The van der Waals surface area contributed by atoms with Gasteiger partial charge in [-0.2, -0.15) is 0 Å². The number of allylic oxidation sites excluding steroid dienone is 1. The molecule has 23 heavy (non-hydrogen) atoms. The normalized spacial score (nSPS) is 10.6. The molecule has 0 saturated carbocycles. The lowest BCUT2D eigenvalue weighted by molar-refractivity contribution is 0.895. The topological polar surface area (TPSA) is 3.24 Å². The fraction of sp³-hybridized carbons (Fsp3) is 0.300. The van der Waals surface area contributed by atoms with Gasteiger partial charge < -0.3 is 4.90 Å². The average Bonchev–Trinajstić information content (AvgIpc) is 2.59. The third-order valence-electron chi connectivity index (χ3n) is 4.07. The average molecular weight is 348 g/mol. The van der Waals surface area contributed by atoms with Crippen molar-refractivity contribution in [2.45, 2.75) is 33.2 Å². The minimum Gasteiger partial charge on any atom is -0.339 e. The molecule has 2 rings (SSSR count). The zero-order valence-electron chi connectivity index (χ0n) is 13.8. The minimum atomic E-state index is 0.375. The second-order valence-corrected chi connectivity index (χ2v) is 6.22. The van der Waals surface area contributed by atoms with E-state index >= 15 is 0 Å². The first-order chi connectivity index (χ1) is 11.1. The Morgan fingerprint density at radius 2 is 1.78 bits per heavy atom. The molecule has 0 bridgehead atoms. The predicted molar refractivity (Wildman–Crippen MR) is 103 cm³/mol. The molecule has 0 fully saturated rings. The quantitative estimate of drug-likeness (QED) is 0.537. The highest BCUT2D eigenvalue weighted by molar-refractivity contribution is 6.33. The number of para-hydroxylation sites is 1. The number of aryl methyl sites for hydroxylation is 2. The van der Waals surface area contributed by atoms with Gasteiger partial charge in [0, 0.05) is 12.2 Å².